The second kappa shape index (κ2) is 10.8. The summed E-state index contributed by atoms with van der Waals surface area (Å²) in [5.41, 5.74) is 2.29. The van der Waals surface area contributed by atoms with Crippen molar-refractivity contribution in [1.29, 1.82) is 0 Å². The van der Waals surface area contributed by atoms with Crippen molar-refractivity contribution in [2.45, 2.75) is 31.5 Å². The minimum Gasteiger partial charge on any atom is -0.465 e. The number of rotatable bonds is 8. The molecule has 3 unspecified atom stereocenters. The van der Waals surface area contributed by atoms with Gasteiger partial charge in [-0.05, 0) is 42.6 Å². The van der Waals surface area contributed by atoms with E-state index >= 15 is 0 Å². The molecular weight excluding hydrogens is 404 g/mol. The molecule has 3 atom stereocenters. The van der Waals surface area contributed by atoms with E-state index in [-0.39, 0.29) is 18.7 Å². The Morgan fingerprint density at radius 2 is 1.93 bits per heavy atom. The van der Waals surface area contributed by atoms with Gasteiger partial charge in [-0.25, -0.2) is 9.00 Å². The van der Waals surface area contributed by atoms with Gasteiger partial charge in [0.1, 0.15) is 0 Å². The van der Waals surface area contributed by atoms with E-state index in [1.807, 2.05) is 30.3 Å². The number of piperidine rings is 1. The fourth-order valence-corrected chi connectivity index (χ4v) is 4.35. The molecular formula is C22H28N2O5S. The predicted octanol–water partition coefficient (Wildman–Crippen LogP) is 2.61. The summed E-state index contributed by atoms with van der Waals surface area (Å²) in [7, 11) is 1.33. The molecule has 0 radical (unpaired) electrons. The summed E-state index contributed by atoms with van der Waals surface area (Å²) in [6.07, 6.45) is 1.28. The number of methoxy groups -OCH3 is 1. The average molecular weight is 433 g/mol. The number of hydrogen-bond acceptors (Lipinski definition) is 5. The Balaban J connectivity index is 1.79. The van der Waals surface area contributed by atoms with Crippen LogP contribution in [0.2, 0.25) is 0 Å². The van der Waals surface area contributed by atoms with Crippen molar-refractivity contribution >= 4 is 17.2 Å². The molecule has 1 heterocycles. The predicted molar refractivity (Wildman–Crippen MR) is 115 cm³/mol. The maximum atomic E-state index is 12.1. The number of carbonyl (C=O) groups excluding carboxylic acids is 1. The largest absolute Gasteiger partial charge is 0.465 e. The number of esters is 1. The first kappa shape index (κ1) is 22.6. The maximum Gasteiger partial charge on any atom is 0.337 e. The van der Waals surface area contributed by atoms with E-state index in [0.717, 1.165) is 30.5 Å². The van der Waals surface area contributed by atoms with Gasteiger partial charge in [0.05, 0.1) is 18.8 Å². The fourth-order valence-electron chi connectivity index (χ4n) is 3.82. The highest BCUT2D eigenvalue weighted by Gasteiger charge is 2.29. The number of likely N-dealkylation sites (tertiary alicyclic amines) is 1. The van der Waals surface area contributed by atoms with Crippen LogP contribution in [0.4, 0.5) is 0 Å². The number of hydrogen-bond donors (Lipinski definition) is 2. The lowest BCUT2D eigenvalue weighted by atomic mass is 10.0. The van der Waals surface area contributed by atoms with Gasteiger partial charge in [-0.3, -0.25) is 9.45 Å². The molecule has 8 heteroatoms. The van der Waals surface area contributed by atoms with Crippen LogP contribution >= 0.6 is 0 Å². The molecule has 2 N–H and O–H groups in total. The molecule has 2 aromatic carbocycles. The van der Waals surface area contributed by atoms with Gasteiger partial charge in [0.15, 0.2) is 0 Å². The quantitative estimate of drug-likeness (QED) is 0.492. The molecule has 1 aliphatic heterocycles. The van der Waals surface area contributed by atoms with Gasteiger partial charge >= 0.3 is 5.97 Å². The van der Waals surface area contributed by atoms with Crippen LogP contribution < -0.4 is 0 Å². The molecule has 1 saturated heterocycles. The minimum absolute atomic E-state index is 0.119. The van der Waals surface area contributed by atoms with Crippen LogP contribution in [0, 0.1) is 0 Å². The highest BCUT2D eigenvalue weighted by Crippen LogP contribution is 2.27. The van der Waals surface area contributed by atoms with Crippen molar-refractivity contribution in [3.8, 4) is 0 Å². The molecule has 0 bridgehead atoms. The highest BCUT2D eigenvalue weighted by molar-refractivity contribution is 7.76. The first-order valence-electron chi connectivity index (χ1n) is 9.98. The molecule has 0 aromatic heterocycles. The van der Waals surface area contributed by atoms with Crippen LogP contribution in [0.3, 0.4) is 0 Å². The number of nitrogens with zero attached hydrogens (tertiary/aromatic N) is 2. The number of β-amino-alcohol motifs (C(OH)–C–C–N with tert-alkyl or cyclic N) is 1. The molecule has 1 aliphatic rings. The zero-order valence-electron chi connectivity index (χ0n) is 17.0. The number of benzene rings is 2. The number of carbonyl (C=O) groups is 1. The van der Waals surface area contributed by atoms with Crippen molar-refractivity contribution in [1.82, 2.24) is 9.21 Å². The van der Waals surface area contributed by atoms with Gasteiger partial charge in [-0.1, -0.05) is 42.5 Å². The number of aliphatic hydroxyl groups excluding tert-OH is 1. The second-order valence-corrected chi connectivity index (χ2v) is 8.44. The van der Waals surface area contributed by atoms with Crippen LogP contribution in [-0.2, 0) is 22.5 Å². The lowest BCUT2D eigenvalue weighted by Gasteiger charge is -2.38. The second-order valence-electron chi connectivity index (χ2n) is 7.46. The normalized spacial score (nSPS) is 19.4. The van der Waals surface area contributed by atoms with E-state index in [1.54, 1.807) is 24.3 Å². The summed E-state index contributed by atoms with van der Waals surface area (Å²) in [6, 6.07) is 16.6. The smallest absolute Gasteiger partial charge is 0.337 e. The van der Waals surface area contributed by atoms with Crippen molar-refractivity contribution in [2.24, 2.45) is 0 Å². The minimum atomic E-state index is -2.17. The average Bonchev–Trinajstić information content (AvgIpc) is 2.77. The zero-order chi connectivity index (χ0) is 21.5. The Morgan fingerprint density at radius 3 is 2.53 bits per heavy atom. The van der Waals surface area contributed by atoms with Crippen LogP contribution in [-0.4, -0.2) is 61.9 Å². The molecule has 30 heavy (non-hydrogen) atoms. The van der Waals surface area contributed by atoms with Crippen molar-refractivity contribution in [3.63, 3.8) is 0 Å². The Morgan fingerprint density at radius 1 is 1.23 bits per heavy atom. The number of ether oxygens (including phenoxy) is 1. The van der Waals surface area contributed by atoms with Crippen LogP contribution in [0.15, 0.2) is 54.6 Å². The summed E-state index contributed by atoms with van der Waals surface area (Å²) in [5.74, 6) is -0.420. The zero-order valence-corrected chi connectivity index (χ0v) is 17.8. The van der Waals surface area contributed by atoms with E-state index in [4.69, 9.17) is 4.74 Å². The highest BCUT2D eigenvalue weighted by atomic mass is 32.2. The van der Waals surface area contributed by atoms with Crippen LogP contribution in [0.1, 0.15) is 40.4 Å². The first-order valence-corrected chi connectivity index (χ1v) is 11.0. The Labute approximate surface area is 179 Å². The molecule has 3 rings (SSSR count). The van der Waals surface area contributed by atoms with Gasteiger partial charge in [-0.2, -0.15) is 4.31 Å². The lowest BCUT2D eigenvalue weighted by Crippen LogP contribution is -2.45. The van der Waals surface area contributed by atoms with Crippen LogP contribution in [0.5, 0.6) is 0 Å². The van der Waals surface area contributed by atoms with Crippen molar-refractivity contribution in [2.75, 3.05) is 26.7 Å². The topological polar surface area (TPSA) is 90.3 Å². The molecule has 162 valence electrons. The fraction of sp³-hybridized carbons (Fsp3) is 0.409. The Hall–Kier alpha value is -2.10. The van der Waals surface area contributed by atoms with E-state index in [0.29, 0.717) is 18.7 Å². The molecule has 0 amide bonds. The van der Waals surface area contributed by atoms with E-state index in [1.165, 1.54) is 11.4 Å². The summed E-state index contributed by atoms with van der Waals surface area (Å²) in [6.45, 7) is 1.96. The molecule has 7 nitrogen and oxygen atoms in total. The van der Waals surface area contributed by atoms with Crippen molar-refractivity contribution in [3.05, 3.63) is 71.3 Å². The lowest BCUT2D eigenvalue weighted by molar-refractivity contribution is 0.0405. The third-order valence-electron chi connectivity index (χ3n) is 5.38. The third-order valence-corrected chi connectivity index (χ3v) is 6.10. The van der Waals surface area contributed by atoms with E-state index < -0.39 is 17.2 Å². The standard InChI is InChI=1S/C22H28N2O5S/c1-29-22(26)19-11-9-17(10-12-19)14-24(30(27)28)16-21(18-6-3-2-4-7-18)23-13-5-8-20(25)15-23/h2-4,6-7,9-12,20-21,25H,5,8,13-16H2,1H3,(H,27,28). The molecule has 0 saturated carbocycles. The van der Waals surface area contributed by atoms with Gasteiger partial charge in [0.2, 0.25) is 11.3 Å². The van der Waals surface area contributed by atoms with Crippen LogP contribution in [0.25, 0.3) is 0 Å². The Bertz CT molecular complexity index is 846. The molecule has 0 aliphatic carbocycles. The van der Waals surface area contributed by atoms with E-state index in [9.17, 15) is 18.7 Å². The summed E-state index contributed by atoms with van der Waals surface area (Å²) < 4.78 is 28.3. The summed E-state index contributed by atoms with van der Waals surface area (Å²) in [4.78, 5) is 13.8. The summed E-state index contributed by atoms with van der Waals surface area (Å²) >= 11 is -2.17. The van der Waals surface area contributed by atoms with Gasteiger partial charge in [0, 0.05) is 25.7 Å². The molecule has 0 spiro atoms. The van der Waals surface area contributed by atoms with Gasteiger partial charge < -0.3 is 9.84 Å². The number of aliphatic hydroxyl groups is 1. The summed E-state index contributed by atoms with van der Waals surface area (Å²) in [5, 5.41) is 10.1. The monoisotopic (exact) mass is 432 g/mol. The first-order chi connectivity index (χ1) is 14.5. The van der Waals surface area contributed by atoms with Gasteiger partial charge in [0.25, 0.3) is 0 Å². The SMILES string of the molecule is COC(=O)c1ccc(CN(CC(c2ccccc2)N2CCCC(O)C2)S(=O)O)cc1. The van der Waals surface area contributed by atoms with Crippen molar-refractivity contribution < 1.29 is 23.4 Å². The Kier molecular flexibility index (Phi) is 8.12. The van der Waals surface area contributed by atoms with E-state index in [2.05, 4.69) is 4.90 Å². The maximum absolute atomic E-state index is 12.1. The third kappa shape index (κ3) is 5.96. The van der Waals surface area contributed by atoms with Gasteiger partial charge in [-0.15, -0.1) is 0 Å². The molecule has 1 fully saturated rings. The molecule has 2 aromatic rings.